The van der Waals surface area contributed by atoms with Crippen LogP contribution in [0.3, 0.4) is 0 Å². The predicted octanol–water partition coefficient (Wildman–Crippen LogP) is 3.03. The lowest BCUT2D eigenvalue weighted by Gasteiger charge is -2.08. The van der Waals surface area contributed by atoms with Crippen LogP contribution in [0.2, 0.25) is 0 Å². The molecule has 0 saturated carbocycles. The summed E-state index contributed by atoms with van der Waals surface area (Å²) in [5.74, 6) is 1.61. The van der Waals surface area contributed by atoms with Crippen LogP contribution in [-0.2, 0) is 6.61 Å². The van der Waals surface area contributed by atoms with Crippen LogP contribution < -0.4 is 9.47 Å². The van der Waals surface area contributed by atoms with Gasteiger partial charge >= 0.3 is 0 Å². The molecule has 1 N–H and O–H groups in total. The molecule has 3 nitrogen and oxygen atoms in total. The molecule has 0 atom stereocenters. The molecule has 0 saturated heterocycles. The van der Waals surface area contributed by atoms with Crippen molar-refractivity contribution < 1.29 is 14.6 Å². The van der Waals surface area contributed by atoms with Gasteiger partial charge in [0.05, 0.1) is 6.61 Å². The summed E-state index contributed by atoms with van der Waals surface area (Å²) in [6.07, 6.45) is 0.645. The Morgan fingerprint density at radius 2 is 1.42 bits per heavy atom. The van der Waals surface area contributed by atoms with Gasteiger partial charge < -0.3 is 14.6 Å². The minimum Gasteiger partial charge on any atom is -0.494 e. The predicted molar refractivity (Wildman–Crippen MR) is 74.4 cm³/mol. The molecule has 0 unspecified atom stereocenters. The molecular formula is C16H18O3. The van der Waals surface area contributed by atoms with Gasteiger partial charge in [0, 0.05) is 13.0 Å². The van der Waals surface area contributed by atoms with Crippen molar-refractivity contribution >= 4 is 0 Å². The van der Waals surface area contributed by atoms with Gasteiger partial charge in [0.25, 0.3) is 0 Å². The van der Waals surface area contributed by atoms with Crippen molar-refractivity contribution in [2.75, 3.05) is 13.2 Å². The molecule has 0 aliphatic heterocycles. The average Bonchev–Trinajstić information content (AvgIpc) is 2.48. The van der Waals surface area contributed by atoms with E-state index in [1.807, 2.05) is 54.6 Å². The normalized spacial score (nSPS) is 10.2. The summed E-state index contributed by atoms with van der Waals surface area (Å²) in [6.45, 7) is 1.24. The van der Waals surface area contributed by atoms with Crippen molar-refractivity contribution in [3.8, 4) is 11.5 Å². The van der Waals surface area contributed by atoms with Gasteiger partial charge in [-0.25, -0.2) is 0 Å². The first kappa shape index (κ1) is 13.4. The highest BCUT2D eigenvalue weighted by Crippen LogP contribution is 2.18. The van der Waals surface area contributed by atoms with Crippen LogP contribution in [0, 0.1) is 0 Å². The molecular weight excluding hydrogens is 240 g/mol. The second-order valence-corrected chi connectivity index (χ2v) is 4.17. The van der Waals surface area contributed by atoms with E-state index in [2.05, 4.69) is 0 Å². The van der Waals surface area contributed by atoms with E-state index in [9.17, 15) is 0 Å². The lowest BCUT2D eigenvalue weighted by atomic mass is 10.2. The Balaban J connectivity index is 1.81. The number of hydrogen-bond acceptors (Lipinski definition) is 3. The SMILES string of the molecule is OCCCOc1ccc(OCc2ccccc2)cc1. The van der Waals surface area contributed by atoms with Crippen molar-refractivity contribution in [3.63, 3.8) is 0 Å². The Labute approximate surface area is 113 Å². The number of benzene rings is 2. The summed E-state index contributed by atoms with van der Waals surface area (Å²) in [5, 5.41) is 8.67. The van der Waals surface area contributed by atoms with E-state index in [-0.39, 0.29) is 6.61 Å². The van der Waals surface area contributed by atoms with E-state index < -0.39 is 0 Å². The Kier molecular flexibility index (Phi) is 5.26. The van der Waals surface area contributed by atoms with Crippen molar-refractivity contribution in [3.05, 3.63) is 60.2 Å². The first-order chi connectivity index (χ1) is 9.38. The first-order valence-corrected chi connectivity index (χ1v) is 6.39. The number of aliphatic hydroxyl groups excluding tert-OH is 1. The molecule has 0 aromatic heterocycles. The highest BCUT2D eigenvalue weighted by atomic mass is 16.5. The van der Waals surface area contributed by atoms with Crippen LogP contribution in [0.4, 0.5) is 0 Å². The highest BCUT2D eigenvalue weighted by molar-refractivity contribution is 5.31. The molecule has 0 bridgehead atoms. The molecule has 0 spiro atoms. The van der Waals surface area contributed by atoms with Crippen molar-refractivity contribution in [2.45, 2.75) is 13.0 Å². The van der Waals surface area contributed by atoms with Gasteiger partial charge in [-0.15, -0.1) is 0 Å². The van der Waals surface area contributed by atoms with Crippen molar-refractivity contribution in [1.82, 2.24) is 0 Å². The quantitative estimate of drug-likeness (QED) is 0.776. The summed E-state index contributed by atoms with van der Waals surface area (Å²) >= 11 is 0. The molecule has 0 radical (unpaired) electrons. The summed E-state index contributed by atoms with van der Waals surface area (Å²) in [5.41, 5.74) is 1.14. The van der Waals surface area contributed by atoms with Gasteiger partial charge in [0.1, 0.15) is 18.1 Å². The third kappa shape index (κ3) is 4.64. The number of rotatable bonds is 7. The maximum absolute atomic E-state index is 8.67. The third-order valence-corrected chi connectivity index (χ3v) is 2.64. The van der Waals surface area contributed by atoms with E-state index >= 15 is 0 Å². The van der Waals surface area contributed by atoms with Gasteiger partial charge in [0.2, 0.25) is 0 Å². The highest BCUT2D eigenvalue weighted by Gasteiger charge is 1.97. The van der Waals surface area contributed by atoms with Gasteiger partial charge in [-0.2, -0.15) is 0 Å². The van der Waals surface area contributed by atoms with Gasteiger partial charge in [-0.05, 0) is 29.8 Å². The summed E-state index contributed by atoms with van der Waals surface area (Å²) < 4.78 is 11.1. The molecule has 2 aromatic rings. The lowest BCUT2D eigenvalue weighted by Crippen LogP contribution is -1.99. The monoisotopic (exact) mass is 258 g/mol. The fourth-order valence-corrected chi connectivity index (χ4v) is 1.63. The molecule has 0 amide bonds. The average molecular weight is 258 g/mol. The molecule has 2 rings (SSSR count). The van der Waals surface area contributed by atoms with Crippen LogP contribution in [0.1, 0.15) is 12.0 Å². The molecule has 19 heavy (non-hydrogen) atoms. The Bertz CT molecular complexity index is 465. The smallest absolute Gasteiger partial charge is 0.120 e. The molecule has 0 aliphatic carbocycles. The largest absolute Gasteiger partial charge is 0.494 e. The van der Waals surface area contributed by atoms with E-state index in [4.69, 9.17) is 14.6 Å². The van der Waals surface area contributed by atoms with E-state index in [0.29, 0.717) is 19.6 Å². The molecule has 0 fully saturated rings. The zero-order chi connectivity index (χ0) is 13.3. The van der Waals surface area contributed by atoms with Crippen LogP contribution in [0.25, 0.3) is 0 Å². The first-order valence-electron chi connectivity index (χ1n) is 6.39. The topological polar surface area (TPSA) is 38.7 Å². The van der Waals surface area contributed by atoms with E-state index in [0.717, 1.165) is 17.1 Å². The fraction of sp³-hybridized carbons (Fsp3) is 0.250. The molecule has 0 aliphatic rings. The molecule has 100 valence electrons. The minimum atomic E-state index is 0.151. The summed E-state index contributed by atoms with van der Waals surface area (Å²) in [6, 6.07) is 17.6. The molecule has 3 heteroatoms. The van der Waals surface area contributed by atoms with E-state index in [1.165, 1.54) is 0 Å². The summed E-state index contributed by atoms with van der Waals surface area (Å²) in [7, 11) is 0. The van der Waals surface area contributed by atoms with Gasteiger partial charge in [0.15, 0.2) is 0 Å². The fourth-order valence-electron chi connectivity index (χ4n) is 1.63. The van der Waals surface area contributed by atoms with Crippen LogP contribution in [-0.4, -0.2) is 18.3 Å². The minimum absolute atomic E-state index is 0.151. The lowest BCUT2D eigenvalue weighted by molar-refractivity contribution is 0.233. The third-order valence-electron chi connectivity index (χ3n) is 2.64. The second-order valence-electron chi connectivity index (χ2n) is 4.17. The maximum Gasteiger partial charge on any atom is 0.120 e. The molecule has 0 heterocycles. The van der Waals surface area contributed by atoms with Crippen molar-refractivity contribution in [2.24, 2.45) is 0 Å². The maximum atomic E-state index is 8.67. The van der Waals surface area contributed by atoms with Crippen LogP contribution in [0.15, 0.2) is 54.6 Å². The Morgan fingerprint density at radius 1 is 0.789 bits per heavy atom. The Hall–Kier alpha value is -2.00. The number of aliphatic hydroxyl groups is 1. The zero-order valence-electron chi connectivity index (χ0n) is 10.8. The van der Waals surface area contributed by atoms with Crippen LogP contribution in [0.5, 0.6) is 11.5 Å². The standard InChI is InChI=1S/C16H18O3/c17-11-4-12-18-15-7-9-16(10-8-15)19-13-14-5-2-1-3-6-14/h1-3,5-10,17H,4,11-13H2. The summed E-state index contributed by atoms with van der Waals surface area (Å²) in [4.78, 5) is 0. The Morgan fingerprint density at radius 3 is 2.05 bits per heavy atom. The number of hydrogen-bond donors (Lipinski definition) is 1. The van der Waals surface area contributed by atoms with Gasteiger partial charge in [-0.3, -0.25) is 0 Å². The second kappa shape index (κ2) is 7.44. The number of ether oxygens (including phenoxy) is 2. The van der Waals surface area contributed by atoms with Gasteiger partial charge in [-0.1, -0.05) is 30.3 Å². The van der Waals surface area contributed by atoms with Crippen LogP contribution >= 0.6 is 0 Å². The molecule has 2 aromatic carbocycles. The van der Waals surface area contributed by atoms with Crippen molar-refractivity contribution in [1.29, 1.82) is 0 Å². The zero-order valence-corrected chi connectivity index (χ0v) is 10.8. The van der Waals surface area contributed by atoms with E-state index in [1.54, 1.807) is 0 Å².